The van der Waals surface area contributed by atoms with Gasteiger partial charge in [0.05, 0.1) is 14.2 Å². The van der Waals surface area contributed by atoms with E-state index < -0.39 is 0 Å². The van der Waals surface area contributed by atoms with Crippen molar-refractivity contribution in [2.24, 2.45) is 0 Å². The number of hydrogen-bond donors (Lipinski definition) is 0. The van der Waals surface area contributed by atoms with Gasteiger partial charge in [0.2, 0.25) is 0 Å². The first-order valence-corrected chi connectivity index (χ1v) is 6.81. The third kappa shape index (κ3) is 3.41. The van der Waals surface area contributed by atoms with Gasteiger partial charge in [-0.2, -0.15) is 0 Å². The van der Waals surface area contributed by atoms with E-state index >= 15 is 0 Å². The van der Waals surface area contributed by atoms with Crippen LogP contribution in [-0.2, 0) is 5.75 Å². The highest BCUT2D eigenvalue weighted by molar-refractivity contribution is 7.98. The Morgan fingerprint density at radius 3 is 2.53 bits per heavy atom. The quantitative estimate of drug-likeness (QED) is 0.766. The molecule has 0 fully saturated rings. The van der Waals surface area contributed by atoms with Crippen molar-refractivity contribution in [3.63, 3.8) is 0 Å². The van der Waals surface area contributed by atoms with E-state index in [4.69, 9.17) is 9.47 Å². The van der Waals surface area contributed by atoms with Crippen molar-refractivity contribution in [2.45, 2.75) is 10.6 Å². The van der Waals surface area contributed by atoms with Crippen LogP contribution < -0.4 is 9.47 Å². The number of benzene rings is 2. The first-order chi connectivity index (χ1) is 9.24. The molecular weight excluding hydrogens is 263 g/mol. The molecule has 0 heterocycles. The summed E-state index contributed by atoms with van der Waals surface area (Å²) in [6.45, 7) is 0. The smallest absolute Gasteiger partial charge is 0.136 e. The molecule has 0 aliphatic carbocycles. The van der Waals surface area contributed by atoms with Gasteiger partial charge in [-0.05, 0) is 30.3 Å². The molecule has 0 atom stereocenters. The molecule has 2 aromatic rings. The Morgan fingerprint density at radius 1 is 1.05 bits per heavy atom. The fourth-order valence-corrected chi connectivity index (χ4v) is 2.63. The molecule has 2 aromatic carbocycles. The van der Waals surface area contributed by atoms with Crippen LogP contribution >= 0.6 is 11.8 Å². The zero-order chi connectivity index (χ0) is 13.7. The van der Waals surface area contributed by atoms with E-state index in [9.17, 15) is 4.39 Å². The highest BCUT2D eigenvalue weighted by Crippen LogP contribution is 2.31. The van der Waals surface area contributed by atoms with Gasteiger partial charge in [0, 0.05) is 16.2 Å². The molecule has 0 unspecified atom stereocenters. The molecular formula is C15H15FO2S. The van der Waals surface area contributed by atoms with E-state index in [0.29, 0.717) is 10.6 Å². The number of ether oxygens (including phenoxy) is 2. The van der Waals surface area contributed by atoms with Gasteiger partial charge in [-0.1, -0.05) is 12.1 Å². The maximum atomic E-state index is 13.5. The molecule has 4 heteroatoms. The topological polar surface area (TPSA) is 18.5 Å². The van der Waals surface area contributed by atoms with Crippen molar-refractivity contribution >= 4 is 11.8 Å². The minimum atomic E-state index is -0.200. The minimum Gasteiger partial charge on any atom is -0.497 e. The van der Waals surface area contributed by atoms with Gasteiger partial charge in [-0.3, -0.25) is 0 Å². The summed E-state index contributed by atoms with van der Waals surface area (Å²) in [7, 11) is 3.24. The highest BCUT2D eigenvalue weighted by atomic mass is 32.2. The van der Waals surface area contributed by atoms with Gasteiger partial charge < -0.3 is 9.47 Å². The molecule has 0 bridgehead atoms. The molecule has 0 saturated heterocycles. The summed E-state index contributed by atoms with van der Waals surface area (Å²) >= 11 is 1.44. The minimum absolute atomic E-state index is 0.200. The first-order valence-electron chi connectivity index (χ1n) is 5.83. The van der Waals surface area contributed by atoms with Gasteiger partial charge in [0.25, 0.3) is 0 Å². The van der Waals surface area contributed by atoms with E-state index in [2.05, 4.69) is 0 Å². The molecule has 0 aromatic heterocycles. The van der Waals surface area contributed by atoms with Crippen LogP contribution in [0.1, 0.15) is 5.56 Å². The van der Waals surface area contributed by atoms with Crippen molar-refractivity contribution in [3.8, 4) is 11.5 Å². The average molecular weight is 278 g/mol. The SMILES string of the molecule is COc1ccc(OC)c(CSc2ccccc2F)c1. The second kappa shape index (κ2) is 6.48. The standard InChI is InChI=1S/C15H15FO2S/c1-17-12-7-8-14(18-2)11(9-12)10-19-15-6-4-3-5-13(15)16/h3-9H,10H2,1-2H3. The summed E-state index contributed by atoms with van der Waals surface area (Å²) in [5.41, 5.74) is 0.982. The average Bonchev–Trinajstić information content (AvgIpc) is 2.46. The fourth-order valence-electron chi connectivity index (χ4n) is 1.71. The maximum absolute atomic E-state index is 13.5. The summed E-state index contributed by atoms with van der Waals surface area (Å²) < 4.78 is 24.0. The van der Waals surface area contributed by atoms with Crippen molar-refractivity contribution in [2.75, 3.05) is 14.2 Å². The third-order valence-electron chi connectivity index (χ3n) is 2.71. The lowest BCUT2D eigenvalue weighted by Gasteiger charge is -2.10. The Balaban J connectivity index is 2.16. The molecule has 0 amide bonds. The second-order valence-corrected chi connectivity index (χ2v) is 4.91. The summed E-state index contributed by atoms with van der Waals surface area (Å²) in [6, 6.07) is 12.4. The molecule has 0 spiro atoms. The lowest BCUT2D eigenvalue weighted by atomic mass is 10.2. The molecule has 0 radical (unpaired) electrons. The van der Waals surface area contributed by atoms with Gasteiger partial charge in [0.15, 0.2) is 0 Å². The normalized spacial score (nSPS) is 10.3. The highest BCUT2D eigenvalue weighted by Gasteiger charge is 2.07. The second-order valence-electron chi connectivity index (χ2n) is 3.90. The van der Waals surface area contributed by atoms with Gasteiger partial charge in [-0.15, -0.1) is 11.8 Å². The molecule has 19 heavy (non-hydrogen) atoms. The van der Waals surface area contributed by atoms with Gasteiger partial charge >= 0.3 is 0 Å². The zero-order valence-electron chi connectivity index (χ0n) is 10.9. The molecule has 0 aliphatic heterocycles. The van der Waals surface area contributed by atoms with Crippen molar-refractivity contribution in [3.05, 3.63) is 53.8 Å². The van der Waals surface area contributed by atoms with E-state index in [1.807, 2.05) is 24.3 Å². The zero-order valence-corrected chi connectivity index (χ0v) is 11.7. The first kappa shape index (κ1) is 13.7. The van der Waals surface area contributed by atoms with Crippen LogP contribution in [-0.4, -0.2) is 14.2 Å². The Labute approximate surface area is 116 Å². The molecule has 2 nitrogen and oxygen atoms in total. The number of methoxy groups -OCH3 is 2. The predicted molar refractivity (Wildman–Crippen MR) is 75.5 cm³/mol. The Bertz CT molecular complexity index is 558. The van der Waals surface area contributed by atoms with Crippen molar-refractivity contribution in [1.82, 2.24) is 0 Å². The summed E-state index contributed by atoms with van der Waals surface area (Å²) in [4.78, 5) is 0.632. The van der Waals surface area contributed by atoms with E-state index in [0.717, 1.165) is 17.1 Å². The molecule has 0 aliphatic rings. The summed E-state index contributed by atoms with van der Waals surface area (Å²) in [5, 5.41) is 0. The van der Waals surface area contributed by atoms with Gasteiger partial charge in [0.1, 0.15) is 17.3 Å². The van der Waals surface area contributed by atoms with E-state index in [-0.39, 0.29) is 5.82 Å². The maximum Gasteiger partial charge on any atom is 0.136 e. The number of rotatable bonds is 5. The van der Waals surface area contributed by atoms with Crippen LogP contribution in [0.15, 0.2) is 47.4 Å². The summed E-state index contributed by atoms with van der Waals surface area (Å²) in [6.07, 6.45) is 0. The van der Waals surface area contributed by atoms with Crippen LogP contribution in [0.4, 0.5) is 4.39 Å². The molecule has 0 saturated carbocycles. The summed E-state index contributed by atoms with van der Waals surface area (Å²) in [5.74, 6) is 1.98. The van der Waals surface area contributed by atoms with Gasteiger partial charge in [-0.25, -0.2) is 4.39 Å². The number of thioether (sulfide) groups is 1. The van der Waals surface area contributed by atoms with E-state index in [1.165, 1.54) is 17.8 Å². The lowest BCUT2D eigenvalue weighted by molar-refractivity contribution is 0.400. The largest absolute Gasteiger partial charge is 0.497 e. The molecule has 2 rings (SSSR count). The van der Waals surface area contributed by atoms with Crippen LogP contribution in [0.5, 0.6) is 11.5 Å². The Kier molecular flexibility index (Phi) is 4.68. The monoisotopic (exact) mass is 278 g/mol. The fraction of sp³-hybridized carbons (Fsp3) is 0.200. The van der Waals surface area contributed by atoms with Crippen molar-refractivity contribution < 1.29 is 13.9 Å². The lowest BCUT2D eigenvalue weighted by Crippen LogP contribution is -1.92. The third-order valence-corrected chi connectivity index (χ3v) is 3.80. The molecule has 0 N–H and O–H groups in total. The van der Waals surface area contributed by atoms with Crippen LogP contribution in [0.2, 0.25) is 0 Å². The van der Waals surface area contributed by atoms with Crippen LogP contribution in [0.25, 0.3) is 0 Å². The van der Waals surface area contributed by atoms with Crippen LogP contribution in [0.3, 0.4) is 0 Å². The Morgan fingerprint density at radius 2 is 1.84 bits per heavy atom. The Hall–Kier alpha value is -1.68. The molecule has 100 valence electrons. The van der Waals surface area contributed by atoms with Crippen LogP contribution in [0, 0.1) is 5.82 Å². The van der Waals surface area contributed by atoms with Crippen molar-refractivity contribution in [1.29, 1.82) is 0 Å². The number of halogens is 1. The number of hydrogen-bond acceptors (Lipinski definition) is 3. The predicted octanol–water partition coefficient (Wildman–Crippen LogP) is 4.14. The van der Waals surface area contributed by atoms with E-state index in [1.54, 1.807) is 26.4 Å².